The third-order valence-electron chi connectivity index (χ3n) is 2.33. The maximum absolute atomic E-state index is 13.0. The lowest BCUT2D eigenvalue weighted by Crippen LogP contribution is -2.43. The summed E-state index contributed by atoms with van der Waals surface area (Å²) in [6.07, 6.45) is 0. The number of hydrogen-bond donors (Lipinski definition) is 1. The summed E-state index contributed by atoms with van der Waals surface area (Å²) in [6, 6.07) is 3.79. The lowest BCUT2D eigenvalue weighted by Gasteiger charge is -2.23. The van der Waals surface area contributed by atoms with Crippen molar-refractivity contribution in [3.05, 3.63) is 29.6 Å². The molecule has 2 N–H and O–H groups in total. The molecular formula is C11H14FNO3. The first-order valence-electron chi connectivity index (χ1n) is 4.64. The SMILES string of the molecule is COC(=O)C(C)(N)c1ccc(F)cc1OC. The second-order valence-electron chi connectivity index (χ2n) is 3.54. The number of ether oxygens (including phenoxy) is 2. The topological polar surface area (TPSA) is 61.5 Å². The zero-order valence-electron chi connectivity index (χ0n) is 9.41. The van der Waals surface area contributed by atoms with Crippen molar-refractivity contribution in [3.63, 3.8) is 0 Å². The van der Waals surface area contributed by atoms with Gasteiger partial charge in [-0.15, -0.1) is 0 Å². The van der Waals surface area contributed by atoms with Crippen LogP contribution in [0.1, 0.15) is 12.5 Å². The van der Waals surface area contributed by atoms with E-state index in [0.29, 0.717) is 5.56 Å². The summed E-state index contributed by atoms with van der Waals surface area (Å²) in [5.74, 6) is -0.853. The standard InChI is InChI=1S/C11H14FNO3/c1-11(13,10(14)16-3)8-5-4-7(12)6-9(8)15-2/h4-6H,13H2,1-3H3. The molecule has 0 fully saturated rings. The Morgan fingerprint density at radius 1 is 1.44 bits per heavy atom. The number of halogens is 1. The van der Waals surface area contributed by atoms with Gasteiger partial charge in [-0.25, -0.2) is 9.18 Å². The zero-order valence-corrected chi connectivity index (χ0v) is 9.41. The first kappa shape index (κ1) is 12.4. The van der Waals surface area contributed by atoms with Crippen molar-refractivity contribution in [2.45, 2.75) is 12.5 Å². The molecule has 0 saturated carbocycles. The number of methoxy groups -OCH3 is 2. The van der Waals surface area contributed by atoms with Crippen molar-refractivity contribution in [2.24, 2.45) is 5.73 Å². The molecule has 0 radical (unpaired) electrons. The Morgan fingerprint density at radius 3 is 2.56 bits per heavy atom. The molecule has 16 heavy (non-hydrogen) atoms. The van der Waals surface area contributed by atoms with E-state index in [2.05, 4.69) is 4.74 Å². The van der Waals surface area contributed by atoms with Crippen LogP contribution in [0.25, 0.3) is 0 Å². The van der Waals surface area contributed by atoms with Gasteiger partial charge >= 0.3 is 5.97 Å². The van der Waals surface area contributed by atoms with Gasteiger partial charge in [0.2, 0.25) is 0 Å². The maximum Gasteiger partial charge on any atom is 0.330 e. The molecule has 0 saturated heterocycles. The van der Waals surface area contributed by atoms with Crippen molar-refractivity contribution in [1.29, 1.82) is 0 Å². The molecule has 0 aliphatic heterocycles. The van der Waals surface area contributed by atoms with Gasteiger partial charge < -0.3 is 15.2 Å². The lowest BCUT2D eigenvalue weighted by atomic mass is 9.92. The second-order valence-corrected chi connectivity index (χ2v) is 3.54. The van der Waals surface area contributed by atoms with Gasteiger partial charge in [-0.1, -0.05) is 0 Å². The van der Waals surface area contributed by atoms with E-state index in [1.165, 1.54) is 39.3 Å². The average Bonchev–Trinajstić information content (AvgIpc) is 2.27. The molecule has 5 heteroatoms. The summed E-state index contributed by atoms with van der Waals surface area (Å²) in [4.78, 5) is 11.5. The number of esters is 1. The van der Waals surface area contributed by atoms with Gasteiger partial charge in [0.05, 0.1) is 14.2 Å². The number of hydrogen-bond acceptors (Lipinski definition) is 4. The molecule has 88 valence electrons. The zero-order chi connectivity index (χ0) is 12.3. The Balaban J connectivity index is 3.26. The Labute approximate surface area is 93.2 Å². The molecule has 4 nitrogen and oxygen atoms in total. The Kier molecular flexibility index (Phi) is 3.49. The molecule has 1 unspecified atom stereocenters. The van der Waals surface area contributed by atoms with Crippen LogP contribution in [0.3, 0.4) is 0 Å². The van der Waals surface area contributed by atoms with Crippen molar-refractivity contribution in [2.75, 3.05) is 14.2 Å². The second kappa shape index (κ2) is 4.49. The van der Waals surface area contributed by atoms with Gasteiger partial charge in [-0.2, -0.15) is 0 Å². The summed E-state index contributed by atoms with van der Waals surface area (Å²) in [6.45, 7) is 1.48. The molecule has 0 bridgehead atoms. The highest BCUT2D eigenvalue weighted by Crippen LogP contribution is 2.29. The van der Waals surface area contributed by atoms with Crippen molar-refractivity contribution < 1.29 is 18.7 Å². The van der Waals surface area contributed by atoms with Crippen molar-refractivity contribution in [1.82, 2.24) is 0 Å². The van der Waals surface area contributed by atoms with E-state index in [4.69, 9.17) is 10.5 Å². The number of carbonyl (C=O) groups excluding carboxylic acids is 1. The lowest BCUT2D eigenvalue weighted by molar-refractivity contribution is -0.146. The van der Waals surface area contributed by atoms with E-state index in [1.54, 1.807) is 0 Å². The Morgan fingerprint density at radius 2 is 2.06 bits per heavy atom. The predicted octanol–water partition coefficient (Wildman–Crippen LogP) is 1.18. The normalized spacial score (nSPS) is 14.1. The molecule has 0 spiro atoms. The molecule has 1 atom stereocenters. The molecule has 1 rings (SSSR count). The molecule has 1 aromatic carbocycles. The fraction of sp³-hybridized carbons (Fsp3) is 0.364. The Hall–Kier alpha value is -1.62. The molecule has 0 aliphatic rings. The predicted molar refractivity (Wildman–Crippen MR) is 56.5 cm³/mol. The Bertz CT molecular complexity index is 404. The first-order valence-corrected chi connectivity index (χ1v) is 4.64. The summed E-state index contributed by atoms with van der Waals surface area (Å²) in [7, 11) is 2.62. The van der Waals surface area contributed by atoms with Crippen molar-refractivity contribution in [3.8, 4) is 5.75 Å². The van der Waals surface area contributed by atoms with E-state index < -0.39 is 17.3 Å². The smallest absolute Gasteiger partial charge is 0.330 e. The number of nitrogens with two attached hydrogens (primary N) is 1. The van der Waals surface area contributed by atoms with E-state index in [-0.39, 0.29) is 5.75 Å². The molecule has 0 aliphatic carbocycles. The van der Waals surface area contributed by atoms with E-state index in [0.717, 1.165) is 0 Å². The molecule has 1 aromatic rings. The number of benzene rings is 1. The van der Waals surface area contributed by atoms with E-state index in [9.17, 15) is 9.18 Å². The fourth-order valence-electron chi connectivity index (χ4n) is 1.42. The van der Waals surface area contributed by atoms with Crippen LogP contribution in [-0.2, 0) is 15.1 Å². The van der Waals surface area contributed by atoms with Gasteiger partial charge in [0.1, 0.15) is 17.1 Å². The quantitative estimate of drug-likeness (QED) is 0.788. The summed E-state index contributed by atoms with van der Waals surface area (Å²) < 4.78 is 22.5. The van der Waals surface area contributed by atoms with Gasteiger partial charge in [0.25, 0.3) is 0 Å². The molecular weight excluding hydrogens is 213 g/mol. The van der Waals surface area contributed by atoms with Crippen LogP contribution < -0.4 is 10.5 Å². The van der Waals surface area contributed by atoms with Crippen LogP contribution in [0.4, 0.5) is 4.39 Å². The van der Waals surface area contributed by atoms with E-state index >= 15 is 0 Å². The monoisotopic (exact) mass is 227 g/mol. The van der Waals surface area contributed by atoms with Crippen LogP contribution in [0.15, 0.2) is 18.2 Å². The number of rotatable bonds is 3. The van der Waals surface area contributed by atoms with Crippen LogP contribution in [0, 0.1) is 5.82 Å². The van der Waals surface area contributed by atoms with Crippen LogP contribution in [0.2, 0.25) is 0 Å². The van der Waals surface area contributed by atoms with E-state index in [1.807, 2.05) is 0 Å². The maximum atomic E-state index is 13.0. The number of carbonyl (C=O) groups is 1. The molecule has 0 aromatic heterocycles. The van der Waals surface area contributed by atoms with Crippen LogP contribution >= 0.6 is 0 Å². The van der Waals surface area contributed by atoms with Crippen molar-refractivity contribution >= 4 is 5.97 Å². The third kappa shape index (κ3) is 2.14. The summed E-state index contributed by atoms with van der Waals surface area (Å²) in [5.41, 5.74) is 4.85. The van der Waals surface area contributed by atoms with Gasteiger partial charge in [-0.05, 0) is 19.1 Å². The van der Waals surface area contributed by atoms with Gasteiger partial charge in [-0.3, -0.25) is 0 Å². The van der Waals surface area contributed by atoms with Crippen LogP contribution in [0.5, 0.6) is 5.75 Å². The van der Waals surface area contributed by atoms with Gasteiger partial charge in [0, 0.05) is 11.6 Å². The third-order valence-corrected chi connectivity index (χ3v) is 2.33. The minimum atomic E-state index is -1.37. The summed E-state index contributed by atoms with van der Waals surface area (Å²) in [5, 5.41) is 0. The highest BCUT2D eigenvalue weighted by molar-refractivity contribution is 5.82. The fourth-order valence-corrected chi connectivity index (χ4v) is 1.42. The van der Waals surface area contributed by atoms with Crippen LogP contribution in [-0.4, -0.2) is 20.2 Å². The minimum Gasteiger partial charge on any atom is -0.496 e. The largest absolute Gasteiger partial charge is 0.496 e. The van der Waals surface area contributed by atoms with Gasteiger partial charge in [0.15, 0.2) is 0 Å². The summed E-state index contributed by atoms with van der Waals surface area (Å²) >= 11 is 0. The first-order chi connectivity index (χ1) is 7.43. The molecule has 0 heterocycles. The molecule has 0 amide bonds. The highest BCUT2D eigenvalue weighted by atomic mass is 19.1. The highest BCUT2D eigenvalue weighted by Gasteiger charge is 2.34. The minimum absolute atomic E-state index is 0.218. The average molecular weight is 227 g/mol.